The highest BCUT2D eigenvalue weighted by atomic mass is 32.1. The van der Waals surface area contributed by atoms with Crippen molar-refractivity contribution in [3.63, 3.8) is 0 Å². The fourth-order valence-electron chi connectivity index (χ4n) is 2.34. The van der Waals surface area contributed by atoms with E-state index in [1.807, 2.05) is 18.9 Å². The van der Waals surface area contributed by atoms with Crippen LogP contribution in [0.3, 0.4) is 0 Å². The van der Waals surface area contributed by atoms with Crippen molar-refractivity contribution in [2.24, 2.45) is 0 Å². The monoisotopic (exact) mass is 312 g/mol. The van der Waals surface area contributed by atoms with Gasteiger partial charge in [0.1, 0.15) is 0 Å². The molecule has 1 unspecified atom stereocenters. The molecule has 8 heteroatoms. The summed E-state index contributed by atoms with van der Waals surface area (Å²) in [7, 11) is 2.05. The average molecular weight is 312 g/mol. The van der Waals surface area contributed by atoms with E-state index in [-0.39, 0.29) is 17.8 Å². The molecule has 7 nitrogen and oxygen atoms in total. The topological polar surface area (TPSA) is 85.8 Å². The molecule has 0 aromatic carbocycles. The second-order valence-electron chi connectivity index (χ2n) is 5.22. The Labute approximate surface area is 127 Å². The predicted octanol–water partition coefficient (Wildman–Crippen LogP) is 0.729. The van der Waals surface area contributed by atoms with E-state index < -0.39 is 5.97 Å². The van der Waals surface area contributed by atoms with E-state index in [1.54, 1.807) is 0 Å². The van der Waals surface area contributed by atoms with Crippen LogP contribution in [-0.2, 0) is 6.42 Å². The van der Waals surface area contributed by atoms with E-state index in [1.165, 1.54) is 16.7 Å². The second-order valence-corrected chi connectivity index (χ2v) is 6.16. The molecule has 2 rings (SSSR count). The summed E-state index contributed by atoms with van der Waals surface area (Å²) in [5, 5.41) is 13.9. The third-order valence-corrected chi connectivity index (χ3v) is 4.39. The van der Waals surface area contributed by atoms with Crippen LogP contribution in [0.25, 0.3) is 0 Å². The van der Waals surface area contributed by atoms with Gasteiger partial charge in [0.05, 0.1) is 5.01 Å². The second kappa shape index (κ2) is 6.86. The molecule has 1 aromatic rings. The number of piperazine rings is 1. The molecular formula is C13H20N4O3S. The van der Waals surface area contributed by atoms with Crippen molar-refractivity contribution in [2.75, 3.05) is 33.2 Å². The minimum absolute atomic E-state index is 0.0639. The third-order valence-electron chi connectivity index (χ3n) is 3.48. The highest BCUT2D eigenvalue weighted by molar-refractivity contribution is 7.09. The summed E-state index contributed by atoms with van der Waals surface area (Å²) < 4.78 is 0. The molecule has 1 aliphatic rings. The van der Waals surface area contributed by atoms with Crippen molar-refractivity contribution in [1.29, 1.82) is 0 Å². The number of hydrogen-bond acceptors (Lipinski definition) is 5. The van der Waals surface area contributed by atoms with Crippen molar-refractivity contribution < 1.29 is 14.7 Å². The van der Waals surface area contributed by atoms with Crippen LogP contribution in [0.4, 0.5) is 4.79 Å². The molecule has 0 spiro atoms. The van der Waals surface area contributed by atoms with Crippen molar-refractivity contribution in [1.82, 2.24) is 20.1 Å². The van der Waals surface area contributed by atoms with Gasteiger partial charge in [0.2, 0.25) is 0 Å². The Morgan fingerprint density at radius 1 is 1.52 bits per heavy atom. The van der Waals surface area contributed by atoms with E-state index in [0.29, 0.717) is 13.0 Å². The molecular weight excluding hydrogens is 292 g/mol. The SMILES string of the molecule is CC1CN(C)CCN1C(=O)NCCc1nc(C(=O)O)cs1. The number of carbonyl (C=O) groups is 2. The molecule has 21 heavy (non-hydrogen) atoms. The quantitative estimate of drug-likeness (QED) is 0.856. The Morgan fingerprint density at radius 3 is 2.90 bits per heavy atom. The summed E-state index contributed by atoms with van der Waals surface area (Å²) in [6.45, 7) is 4.98. The van der Waals surface area contributed by atoms with Gasteiger partial charge in [-0.25, -0.2) is 14.6 Å². The lowest BCUT2D eigenvalue weighted by Crippen LogP contribution is -2.55. The number of carboxylic acids is 1. The van der Waals surface area contributed by atoms with Crippen molar-refractivity contribution in [3.05, 3.63) is 16.1 Å². The fourth-order valence-corrected chi connectivity index (χ4v) is 3.12. The van der Waals surface area contributed by atoms with Crippen LogP contribution in [0.1, 0.15) is 22.4 Å². The lowest BCUT2D eigenvalue weighted by molar-refractivity contribution is 0.0691. The van der Waals surface area contributed by atoms with Gasteiger partial charge >= 0.3 is 12.0 Å². The normalized spacial score (nSPS) is 19.5. The predicted molar refractivity (Wildman–Crippen MR) is 79.8 cm³/mol. The Kier molecular flexibility index (Phi) is 5.13. The van der Waals surface area contributed by atoms with Crippen LogP contribution in [0.5, 0.6) is 0 Å². The zero-order valence-electron chi connectivity index (χ0n) is 12.2. The molecule has 0 radical (unpaired) electrons. The van der Waals surface area contributed by atoms with Crippen molar-refractivity contribution in [2.45, 2.75) is 19.4 Å². The lowest BCUT2D eigenvalue weighted by atomic mass is 10.2. The standard InChI is InChI=1S/C13H20N4O3S/c1-9-7-16(2)5-6-17(9)13(20)14-4-3-11-15-10(8-21-11)12(18)19/h8-9H,3-7H2,1-2H3,(H,14,20)(H,18,19). The van der Waals surface area contributed by atoms with Crippen LogP contribution in [0.15, 0.2) is 5.38 Å². The van der Waals surface area contributed by atoms with Crippen LogP contribution in [0.2, 0.25) is 0 Å². The van der Waals surface area contributed by atoms with Gasteiger partial charge in [0.25, 0.3) is 0 Å². The van der Waals surface area contributed by atoms with Crippen LogP contribution >= 0.6 is 11.3 Å². The molecule has 0 aliphatic carbocycles. The van der Waals surface area contributed by atoms with Gasteiger partial charge in [-0.1, -0.05) is 0 Å². The zero-order valence-corrected chi connectivity index (χ0v) is 13.0. The largest absolute Gasteiger partial charge is 0.476 e. The van der Waals surface area contributed by atoms with Gasteiger partial charge in [-0.05, 0) is 14.0 Å². The van der Waals surface area contributed by atoms with E-state index >= 15 is 0 Å². The van der Waals surface area contributed by atoms with Gasteiger partial charge in [-0.2, -0.15) is 0 Å². The molecule has 1 atom stereocenters. The molecule has 1 fully saturated rings. The summed E-state index contributed by atoms with van der Waals surface area (Å²) in [4.78, 5) is 30.9. The first-order valence-electron chi connectivity index (χ1n) is 6.88. The summed E-state index contributed by atoms with van der Waals surface area (Å²) in [5.74, 6) is -1.02. The Morgan fingerprint density at radius 2 is 2.29 bits per heavy atom. The zero-order chi connectivity index (χ0) is 15.4. The maximum atomic E-state index is 12.1. The number of carboxylic acid groups (broad SMARTS) is 1. The number of aromatic nitrogens is 1. The Bertz CT molecular complexity index is 519. The average Bonchev–Trinajstić information content (AvgIpc) is 2.87. The number of urea groups is 1. The number of nitrogens with one attached hydrogen (secondary N) is 1. The van der Waals surface area contributed by atoms with Crippen molar-refractivity contribution in [3.8, 4) is 0 Å². The molecule has 1 aromatic heterocycles. The van der Waals surface area contributed by atoms with Gasteiger partial charge < -0.3 is 20.2 Å². The molecule has 1 aliphatic heterocycles. The van der Waals surface area contributed by atoms with Gasteiger partial charge in [-0.3, -0.25) is 0 Å². The first-order chi connectivity index (χ1) is 9.97. The number of aromatic carboxylic acids is 1. The van der Waals surface area contributed by atoms with Crippen LogP contribution in [-0.4, -0.2) is 71.2 Å². The number of likely N-dealkylation sites (N-methyl/N-ethyl adjacent to an activating group) is 1. The Hall–Kier alpha value is -1.67. The molecule has 116 valence electrons. The van der Waals surface area contributed by atoms with Crippen molar-refractivity contribution >= 4 is 23.3 Å². The summed E-state index contributed by atoms with van der Waals surface area (Å²) in [5.41, 5.74) is 0.0639. The number of nitrogens with zero attached hydrogens (tertiary/aromatic N) is 3. The maximum Gasteiger partial charge on any atom is 0.355 e. The number of amides is 2. The minimum atomic E-state index is -1.02. The van der Waals surface area contributed by atoms with Crippen LogP contribution < -0.4 is 5.32 Å². The third kappa shape index (κ3) is 4.15. The van der Waals surface area contributed by atoms with E-state index in [0.717, 1.165) is 24.6 Å². The highest BCUT2D eigenvalue weighted by Crippen LogP contribution is 2.11. The molecule has 2 amide bonds. The molecule has 0 bridgehead atoms. The summed E-state index contributed by atoms with van der Waals surface area (Å²) >= 11 is 1.30. The maximum absolute atomic E-state index is 12.1. The minimum Gasteiger partial charge on any atom is -0.476 e. The number of rotatable bonds is 4. The lowest BCUT2D eigenvalue weighted by Gasteiger charge is -2.38. The molecule has 0 saturated carbocycles. The number of carbonyl (C=O) groups excluding carboxylic acids is 1. The fraction of sp³-hybridized carbons (Fsp3) is 0.615. The van der Waals surface area contributed by atoms with Gasteiger partial charge in [0, 0.05) is 44.0 Å². The summed E-state index contributed by atoms with van der Waals surface area (Å²) in [6.07, 6.45) is 0.547. The molecule has 2 heterocycles. The van der Waals surface area contributed by atoms with Gasteiger partial charge in [-0.15, -0.1) is 11.3 Å². The number of thiazole rings is 1. The number of hydrogen-bond donors (Lipinski definition) is 2. The Balaban J connectivity index is 1.77. The van der Waals surface area contributed by atoms with E-state index in [9.17, 15) is 9.59 Å². The smallest absolute Gasteiger partial charge is 0.355 e. The molecule has 1 saturated heterocycles. The van der Waals surface area contributed by atoms with Gasteiger partial charge in [0.15, 0.2) is 5.69 Å². The first-order valence-corrected chi connectivity index (χ1v) is 7.76. The van der Waals surface area contributed by atoms with Crippen LogP contribution in [0, 0.1) is 0 Å². The first kappa shape index (κ1) is 15.7. The van der Waals surface area contributed by atoms with E-state index in [4.69, 9.17) is 5.11 Å². The summed E-state index contributed by atoms with van der Waals surface area (Å²) in [6, 6.07) is 0.132. The van der Waals surface area contributed by atoms with E-state index in [2.05, 4.69) is 15.2 Å². The molecule has 2 N–H and O–H groups in total. The highest BCUT2D eigenvalue weighted by Gasteiger charge is 2.25.